The van der Waals surface area contributed by atoms with Crippen molar-refractivity contribution in [2.45, 2.75) is 25.4 Å². The summed E-state index contributed by atoms with van der Waals surface area (Å²) in [4.78, 5) is 38.8. The van der Waals surface area contributed by atoms with Gasteiger partial charge in [-0.25, -0.2) is 0 Å². The first kappa shape index (κ1) is 17.8. The number of aromatic nitrogens is 1. The third-order valence-corrected chi connectivity index (χ3v) is 4.52. The number of rotatable bonds is 5. The van der Waals surface area contributed by atoms with Crippen molar-refractivity contribution < 1.29 is 9.72 Å². The van der Waals surface area contributed by atoms with E-state index in [0.29, 0.717) is 0 Å². The molecule has 1 saturated heterocycles. The SMILES string of the molecule is O=C(NC1CCN(Cc2ccccc2)CC1)c1cc([N+](=O)[O-])c[nH]c1=O. The molecular formula is C18H20N4O4. The number of H-pyrrole nitrogens is 1. The maximum Gasteiger partial charge on any atom is 0.286 e. The van der Waals surface area contributed by atoms with Crippen LogP contribution >= 0.6 is 0 Å². The Morgan fingerprint density at radius 2 is 1.96 bits per heavy atom. The van der Waals surface area contributed by atoms with Crippen LogP contribution in [-0.4, -0.2) is 39.8 Å². The highest BCUT2D eigenvalue weighted by Crippen LogP contribution is 2.15. The zero-order valence-electron chi connectivity index (χ0n) is 14.2. The molecule has 0 saturated carbocycles. The maximum atomic E-state index is 12.3. The van der Waals surface area contributed by atoms with E-state index in [1.807, 2.05) is 18.2 Å². The summed E-state index contributed by atoms with van der Waals surface area (Å²) >= 11 is 0. The predicted octanol–water partition coefficient (Wildman–Crippen LogP) is 1.68. The van der Waals surface area contributed by atoms with Crippen molar-refractivity contribution in [1.82, 2.24) is 15.2 Å². The van der Waals surface area contributed by atoms with E-state index < -0.39 is 16.4 Å². The Kier molecular flexibility index (Phi) is 5.43. The molecule has 0 bridgehead atoms. The van der Waals surface area contributed by atoms with Crippen LogP contribution in [-0.2, 0) is 6.54 Å². The van der Waals surface area contributed by atoms with Crippen LogP contribution in [0.3, 0.4) is 0 Å². The summed E-state index contributed by atoms with van der Waals surface area (Å²) in [7, 11) is 0. The Bertz CT molecular complexity index is 842. The molecule has 136 valence electrons. The molecule has 1 aliphatic heterocycles. The molecule has 0 atom stereocenters. The molecule has 0 unspecified atom stereocenters. The number of amides is 1. The van der Waals surface area contributed by atoms with Gasteiger partial charge in [0.05, 0.1) is 11.1 Å². The van der Waals surface area contributed by atoms with Gasteiger partial charge in [0.15, 0.2) is 0 Å². The Morgan fingerprint density at radius 3 is 2.62 bits per heavy atom. The van der Waals surface area contributed by atoms with Crippen molar-refractivity contribution in [3.63, 3.8) is 0 Å². The summed E-state index contributed by atoms with van der Waals surface area (Å²) in [5.41, 5.74) is 0.0751. The number of hydrogen-bond acceptors (Lipinski definition) is 5. The molecule has 2 N–H and O–H groups in total. The number of piperidine rings is 1. The molecule has 0 aliphatic carbocycles. The predicted molar refractivity (Wildman–Crippen MR) is 95.9 cm³/mol. The average Bonchev–Trinajstić information content (AvgIpc) is 2.64. The standard InChI is InChI=1S/C18H20N4O4/c23-17-16(10-15(11-19-17)22(25)26)18(24)20-14-6-8-21(9-7-14)12-13-4-2-1-3-5-13/h1-5,10-11,14H,6-9,12H2,(H,19,23)(H,20,24). The number of nitro groups is 1. The first-order valence-electron chi connectivity index (χ1n) is 8.47. The van der Waals surface area contributed by atoms with Gasteiger partial charge in [-0.1, -0.05) is 30.3 Å². The Labute approximate surface area is 150 Å². The van der Waals surface area contributed by atoms with Crippen LogP contribution in [0.25, 0.3) is 0 Å². The minimum atomic E-state index is -0.644. The van der Waals surface area contributed by atoms with Crippen LogP contribution < -0.4 is 10.9 Å². The van der Waals surface area contributed by atoms with Crippen LogP contribution in [0, 0.1) is 10.1 Å². The molecule has 1 aromatic carbocycles. The normalized spacial score (nSPS) is 15.5. The lowest BCUT2D eigenvalue weighted by Crippen LogP contribution is -2.45. The van der Waals surface area contributed by atoms with Gasteiger partial charge in [0.2, 0.25) is 0 Å². The minimum absolute atomic E-state index is 0.0480. The van der Waals surface area contributed by atoms with E-state index in [9.17, 15) is 19.7 Å². The first-order valence-corrected chi connectivity index (χ1v) is 8.47. The van der Waals surface area contributed by atoms with Gasteiger partial charge in [0.1, 0.15) is 5.56 Å². The van der Waals surface area contributed by atoms with Gasteiger partial charge in [-0.05, 0) is 18.4 Å². The van der Waals surface area contributed by atoms with E-state index in [-0.39, 0.29) is 17.3 Å². The summed E-state index contributed by atoms with van der Waals surface area (Å²) in [5, 5.41) is 13.6. The number of carbonyl (C=O) groups is 1. The molecule has 1 aliphatic rings. The molecule has 8 heteroatoms. The van der Waals surface area contributed by atoms with E-state index >= 15 is 0 Å². The lowest BCUT2D eigenvalue weighted by atomic mass is 10.0. The van der Waals surface area contributed by atoms with Gasteiger partial charge >= 0.3 is 0 Å². The fraction of sp³-hybridized carbons (Fsp3) is 0.333. The highest BCUT2D eigenvalue weighted by atomic mass is 16.6. The monoisotopic (exact) mass is 356 g/mol. The van der Waals surface area contributed by atoms with Crippen LogP contribution in [0.4, 0.5) is 5.69 Å². The van der Waals surface area contributed by atoms with Gasteiger partial charge in [0, 0.05) is 31.7 Å². The number of likely N-dealkylation sites (tertiary alicyclic amines) is 1. The van der Waals surface area contributed by atoms with Crippen molar-refractivity contribution in [3.8, 4) is 0 Å². The highest BCUT2D eigenvalue weighted by Gasteiger charge is 2.23. The summed E-state index contributed by atoms with van der Waals surface area (Å²) < 4.78 is 0. The van der Waals surface area contributed by atoms with Crippen LogP contribution in [0.5, 0.6) is 0 Å². The molecule has 8 nitrogen and oxygen atoms in total. The molecule has 2 heterocycles. The van der Waals surface area contributed by atoms with Crippen molar-refractivity contribution in [1.29, 1.82) is 0 Å². The van der Waals surface area contributed by atoms with Crippen LogP contribution in [0.15, 0.2) is 47.4 Å². The van der Waals surface area contributed by atoms with Crippen molar-refractivity contribution in [2.24, 2.45) is 0 Å². The molecular weight excluding hydrogens is 336 g/mol. The lowest BCUT2D eigenvalue weighted by Gasteiger charge is -2.32. The second-order valence-electron chi connectivity index (χ2n) is 6.37. The fourth-order valence-corrected chi connectivity index (χ4v) is 3.09. The zero-order valence-corrected chi connectivity index (χ0v) is 14.2. The van der Waals surface area contributed by atoms with Crippen molar-refractivity contribution in [3.05, 3.63) is 74.2 Å². The van der Waals surface area contributed by atoms with E-state index in [1.54, 1.807) is 0 Å². The summed E-state index contributed by atoms with van der Waals surface area (Å²) in [6.45, 7) is 2.54. The van der Waals surface area contributed by atoms with Gasteiger partial charge in [-0.2, -0.15) is 0 Å². The molecule has 1 fully saturated rings. The third-order valence-electron chi connectivity index (χ3n) is 4.52. The second kappa shape index (κ2) is 7.92. The van der Waals surface area contributed by atoms with Gasteiger partial charge < -0.3 is 10.3 Å². The number of hydrogen-bond donors (Lipinski definition) is 2. The molecule has 1 aromatic heterocycles. The topological polar surface area (TPSA) is 108 Å². The summed E-state index contributed by atoms with van der Waals surface area (Å²) in [6, 6.07) is 11.1. The minimum Gasteiger partial charge on any atom is -0.349 e. The van der Waals surface area contributed by atoms with E-state index in [0.717, 1.165) is 44.7 Å². The fourth-order valence-electron chi connectivity index (χ4n) is 3.09. The quantitative estimate of drug-likeness (QED) is 0.626. The highest BCUT2D eigenvalue weighted by molar-refractivity contribution is 5.94. The summed E-state index contributed by atoms with van der Waals surface area (Å²) in [5.74, 6) is -0.573. The number of aromatic amines is 1. The number of benzene rings is 1. The lowest BCUT2D eigenvalue weighted by molar-refractivity contribution is -0.385. The van der Waals surface area contributed by atoms with E-state index in [4.69, 9.17) is 0 Å². The molecule has 0 spiro atoms. The number of nitrogens with zero attached hydrogens (tertiary/aromatic N) is 2. The Morgan fingerprint density at radius 1 is 1.27 bits per heavy atom. The van der Waals surface area contributed by atoms with E-state index in [1.165, 1.54) is 5.56 Å². The zero-order chi connectivity index (χ0) is 18.5. The molecule has 2 aromatic rings. The largest absolute Gasteiger partial charge is 0.349 e. The Hall–Kier alpha value is -3.00. The van der Waals surface area contributed by atoms with Gasteiger partial charge in [-0.15, -0.1) is 0 Å². The third kappa shape index (κ3) is 4.34. The number of nitrogens with one attached hydrogen (secondary N) is 2. The van der Waals surface area contributed by atoms with Crippen LogP contribution in [0.1, 0.15) is 28.8 Å². The van der Waals surface area contributed by atoms with Crippen LogP contribution in [0.2, 0.25) is 0 Å². The number of carbonyl (C=O) groups excluding carboxylic acids is 1. The maximum absolute atomic E-state index is 12.3. The molecule has 1 amide bonds. The smallest absolute Gasteiger partial charge is 0.286 e. The van der Waals surface area contributed by atoms with E-state index in [2.05, 4.69) is 27.3 Å². The van der Waals surface area contributed by atoms with Gasteiger partial charge in [0.25, 0.3) is 17.2 Å². The molecule has 0 radical (unpaired) electrons. The Balaban J connectivity index is 1.56. The average molecular weight is 356 g/mol. The molecule has 26 heavy (non-hydrogen) atoms. The number of pyridine rings is 1. The van der Waals surface area contributed by atoms with Crippen molar-refractivity contribution >= 4 is 11.6 Å². The summed E-state index contributed by atoms with van der Waals surface area (Å²) in [6.07, 6.45) is 2.53. The molecule has 3 rings (SSSR count). The second-order valence-corrected chi connectivity index (χ2v) is 6.37. The van der Waals surface area contributed by atoms with Gasteiger partial charge in [-0.3, -0.25) is 24.6 Å². The van der Waals surface area contributed by atoms with Crippen molar-refractivity contribution in [2.75, 3.05) is 13.1 Å². The first-order chi connectivity index (χ1) is 12.5.